The number of piperidine rings is 1. The summed E-state index contributed by atoms with van der Waals surface area (Å²) in [6.07, 6.45) is 10.1. The molecule has 1 fully saturated rings. The summed E-state index contributed by atoms with van der Waals surface area (Å²) in [7, 11) is 2.06. The van der Waals surface area contributed by atoms with Crippen LogP contribution in [0.4, 0.5) is 0 Å². The number of pyridine rings is 1. The highest BCUT2D eigenvalue weighted by molar-refractivity contribution is 5.98. The van der Waals surface area contributed by atoms with E-state index in [9.17, 15) is 10.1 Å². The number of likely N-dealkylation sites (tertiary alicyclic amines) is 1. The van der Waals surface area contributed by atoms with Gasteiger partial charge in [-0.05, 0) is 84.9 Å². The largest absolute Gasteiger partial charge is 0.371 e. The highest BCUT2D eigenvalue weighted by atomic mass is 16.1. The Morgan fingerprint density at radius 1 is 1.15 bits per heavy atom. The van der Waals surface area contributed by atoms with Crippen molar-refractivity contribution in [1.29, 1.82) is 5.26 Å². The van der Waals surface area contributed by atoms with Crippen LogP contribution in [0.5, 0.6) is 0 Å². The molecule has 0 radical (unpaired) electrons. The predicted molar refractivity (Wildman–Crippen MR) is 156 cm³/mol. The van der Waals surface area contributed by atoms with Crippen molar-refractivity contribution in [1.82, 2.24) is 14.5 Å². The van der Waals surface area contributed by atoms with Gasteiger partial charge in [-0.3, -0.25) is 4.79 Å². The second kappa shape index (κ2) is 10.2. The average molecular weight is 515 g/mol. The summed E-state index contributed by atoms with van der Waals surface area (Å²) in [4.78, 5) is 20.4. The van der Waals surface area contributed by atoms with E-state index in [1.54, 1.807) is 24.3 Å². The maximum absolute atomic E-state index is 13.1. The van der Waals surface area contributed by atoms with E-state index in [1.165, 1.54) is 46.2 Å². The van der Waals surface area contributed by atoms with Gasteiger partial charge in [0, 0.05) is 61.2 Å². The number of hydrogen-bond acceptors (Lipinski definition) is 4. The van der Waals surface area contributed by atoms with Gasteiger partial charge < -0.3 is 9.47 Å². The topological polar surface area (TPSA) is 61.9 Å². The quantitative estimate of drug-likeness (QED) is 0.275. The van der Waals surface area contributed by atoms with E-state index >= 15 is 0 Å². The molecule has 0 bridgehead atoms. The van der Waals surface area contributed by atoms with Gasteiger partial charge in [-0.2, -0.15) is 5.26 Å². The molecule has 0 spiro atoms. The van der Waals surface area contributed by atoms with Crippen molar-refractivity contribution in [3.05, 3.63) is 106 Å². The van der Waals surface area contributed by atoms with Gasteiger partial charge in [0.15, 0.2) is 5.78 Å². The average Bonchev–Trinajstić information content (AvgIpc) is 3.59. The maximum Gasteiger partial charge on any atom is 0.167 e. The Labute approximate surface area is 230 Å². The molecule has 0 atom stereocenters. The molecule has 1 aliphatic heterocycles. The number of ketones is 1. The number of nitrogens with zero attached hydrogens (tertiary/aromatic N) is 4. The molecule has 4 aromatic rings. The number of rotatable bonds is 6. The number of aryl methyl sites for hydroxylation is 3. The van der Waals surface area contributed by atoms with Gasteiger partial charge in [0.1, 0.15) is 5.65 Å². The van der Waals surface area contributed by atoms with Gasteiger partial charge >= 0.3 is 0 Å². The summed E-state index contributed by atoms with van der Waals surface area (Å²) in [5.41, 5.74) is 11.0. The fourth-order valence-corrected chi connectivity index (χ4v) is 6.62. The lowest BCUT2D eigenvalue weighted by molar-refractivity contribution is 0.0992. The van der Waals surface area contributed by atoms with Gasteiger partial charge in [-0.25, -0.2) is 4.98 Å². The zero-order valence-electron chi connectivity index (χ0n) is 22.8. The third-order valence-corrected chi connectivity index (χ3v) is 8.82. The standard InChI is InChI=1S/C34H34N4O/c1-22-28(18-32(39)27-10-4-7-24(17-27)19-35)20-36-34-33(22)31(21-37(34)3)26-13-15-38(16-14-26)23(2)29-11-5-8-25-9-6-12-30(25)29/h4-5,7-8,10-11,17,20-21,26H,2,6,9,12-16,18H2,1,3H3. The molecular weight excluding hydrogens is 480 g/mol. The second-order valence-corrected chi connectivity index (χ2v) is 11.1. The number of Topliss-reactive ketones (excluding diaryl/α,β-unsaturated/α-hetero) is 1. The van der Waals surface area contributed by atoms with Crippen LogP contribution in [0.25, 0.3) is 16.7 Å². The molecule has 0 N–H and O–H groups in total. The van der Waals surface area contributed by atoms with Gasteiger partial charge in [0.05, 0.1) is 11.6 Å². The van der Waals surface area contributed by atoms with Crippen LogP contribution in [0, 0.1) is 18.3 Å². The lowest BCUT2D eigenvalue weighted by atomic mass is 9.87. The Morgan fingerprint density at radius 3 is 2.74 bits per heavy atom. The molecule has 5 nitrogen and oxygen atoms in total. The molecule has 6 rings (SSSR count). The lowest BCUT2D eigenvalue weighted by Crippen LogP contribution is -2.31. The van der Waals surface area contributed by atoms with E-state index in [1.807, 2.05) is 6.20 Å². The summed E-state index contributed by atoms with van der Waals surface area (Å²) in [6.45, 7) is 8.63. The molecule has 39 heavy (non-hydrogen) atoms. The lowest BCUT2D eigenvalue weighted by Gasteiger charge is -2.35. The van der Waals surface area contributed by atoms with E-state index in [-0.39, 0.29) is 12.2 Å². The third-order valence-electron chi connectivity index (χ3n) is 8.82. The first-order valence-corrected chi connectivity index (χ1v) is 14.0. The van der Waals surface area contributed by atoms with Crippen LogP contribution in [0.1, 0.15) is 74.5 Å². The number of nitriles is 1. The number of benzene rings is 2. The van der Waals surface area contributed by atoms with Crippen molar-refractivity contribution < 1.29 is 4.79 Å². The Kier molecular flexibility index (Phi) is 6.56. The molecule has 1 aliphatic carbocycles. The number of aromatic nitrogens is 2. The van der Waals surface area contributed by atoms with Crippen molar-refractivity contribution in [3.8, 4) is 6.07 Å². The SMILES string of the molecule is C=C(c1cccc2c1CCC2)N1CCC(c2cn(C)c3ncc(CC(=O)c4cccc(C#N)c4)c(C)c23)CC1. The summed E-state index contributed by atoms with van der Waals surface area (Å²) < 4.78 is 2.12. The Morgan fingerprint density at radius 2 is 1.95 bits per heavy atom. The molecule has 2 aromatic carbocycles. The van der Waals surface area contributed by atoms with Crippen molar-refractivity contribution >= 4 is 22.5 Å². The van der Waals surface area contributed by atoms with Crippen LogP contribution >= 0.6 is 0 Å². The van der Waals surface area contributed by atoms with Crippen molar-refractivity contribution in [2.75, 3.05) is 13.1 Å². The van der Waals surface area contributed by atoms with Crippen molar-refractivity contribution in [2.45, 2.75) is 51.4 Å². The Bertz CT molecular complexity index is 1650. The fraction of sp³-hybridized carbons (Fsp3) is 0.324. The van der Waals surface area contributed by atoms with Crippen LogP contribution in [0.2, 0.25) is 0 Å². The summed E-state index contributed by atoms with van der Waals surface area (Å²) in [5, 5.41) is 10.4. The van der Waals surface area contributed by atoms with Gasteiger partial charge in [0.25, 0.3) is 0 Å². The molecule has 2 aliphatic rings. The Hall–Kier alpha value is -4.17. The smallest absolute Gasteiger partial charge is 0.167 e. The first-order valence-electron chi connectivity index (χ1n) is 14.0. The second-order valence-electron chi connectivity index (χ2n) is 11.1. The van der Waals surface area contributed by atoms with Crippen LogP contribution < -0.4 is 0 Å². The molecule has 0 unspecified atom stereocenters. The highest BCUT2D eigenvalue weighted by Gasteiger charge is 2.27. The normalized spacial score (nSPS) is 15.4. The van der Waals surface area contributed by atoms with Crippen LogP contribution in [-0.4, -0.2) is 33.3 Å². The first-order chi connectivity index (χ1) is 18.9. The summed E-state index contributed by atoms with van der Waals surface area (Å²) in [6, 6.07) is 15.8. The minimum Gasteiger partial charge on any atom is -0.371 e. The first kappa shape index (κ1) is 25.1. The molecule has 1 saturated heterocycles. The van der Waals surface area contributed by atoms with Gasteiger partial charge in [-0.15, -0.1) is 0 Å². The summed E-state index contributed by atoms with van der Waals surface area (Å²) in [5.74, 6) is 0.450. The van der Waals surface area contributed by atoms with Gasteiger partial charge in [-0.1, -0.05) is 36.9 Å². The van der Waals surface area contributed by atoms with E-state index in [0.29, 0.717) is 17.0 Å². The van der Waals surface area contributed by atoms with Crippen LogP contribution in [0.15, 0.2) is 61.4 Å². The maximum atomic E-state index is 13.1. The fourth-order valence-electron chi connectivity index (χ4n) is 6.62. The van der Waals surface area contributed by atoms with Gasteiger partial charge in [0.2, 0.25) is 0 Å². The molecule has 0 saturated carbocycles. The van der Waals surface area contributed by atoms with Crippen molar-refractivity contribution in [2.24, 2.45) is 7.05 Å². The monoisotopic (exact) mass is 514 g/mol. The number of carbonyl (C=O) groups is 1. The Balaban J connectivity index is 1.23. The number of hydrogen-bond donors (Lipinski definition) is 0. The van der Waals surface area contributed by atoms with E-state index in [2.05, 4.69) is 60.5 Å². The summed E-state index contributed by atoms with van der Waals surface area (Å²) >= 11 is 0. The molecule has 5 heteroatoms. The van der Waals surface area contributed by atoms with E-state index < -0.39 is 0 Å². The minimum atomic E-state index is 0.00745. The van der Waals surface area contributed by atoms with E-state index in [0.717, 1.165) is 49.1 Å². The van der Waals surface area contributed by atoms with Crippen LogP contribution in [0.3, 0.4) is 0 Å². The number of fused-ring (bicyclic) bond motifs is 2. The molecule has 3 heterocycles. The minimum absolute atomic E-state index is 0.00745. The highest BCUT2D eigenvalue weighted by Crippen LogP contribution is 2.38. The van der Waals surface area contributed by atoms with Crippen LogP contribution in [-0.2, 0) is 26.3 Å². The molecule has 0 amide bonds. The molecular formula is C34H34N4O. The number of carbonyl (C=O) groups excluding carboxylic acids is 1. The zero-order valence-corrected chi connectivity index (χ0v) is 22.8. The third kappa shape index (κ3) is 4.55. The predicted octanol–water partition coefficient (Wildman–Crippen LogP) is 6.52. The molecule has 196 valence electrons. The molecule has 2 aromatic heterocycles. The zero-order chi connectivity index (χ0) is 27.1. The van der Waals surface area contributed by atoms with E-state index in [4.69, 9.17) is 4.98 Å². The van der Waals surface area contributed by atoms with Crippen molar-refractivity contribution in [3.63, 3.8) is 0 Å².